The summed E-state index contributed by atoms with van der Waals surface area (Å²) < 4.78 is 26.8. The van der Waals surface area contributed by atoms with Crippen LogP contribution in [0.5, 0.6) is 0 Å². The van der Waals surface area contributed by atoms with E-state index in [0.717, 1.165) is 44.6 Å². The molecule has 2 unspecified atom stereocenters. The molecule has 0 bridgehead atoms. The zero-order chi connectivity index (χ0) is 14.6. The standard InChI is InChI=1S/C14H25N3O2S/c1-3-8-15-13(14-16-9-10-17(14)4-2)12-7-5-6-11-20(12,18)19/h9-10,12-13,15H,3-8,11H2,1-2H3. The van der Waals surface area contributed by atoms with Crippen molar-refractivity contribution < 1.29 is 8.42 Å². The third-order valence-electron chi connectivity index (χ3n) is 3.98. The average Bonchev–Trinajstić information content (AvgIpc) is 2.89. The van der Waals surface area contributed by atoms with E-state index in [9.17, 15) is 8.42 Å². The fraction of sp³-hybridized carbons (Fsp3) is 0.786. The molecule has 0 aliphatic carbocycles. The van der Waals surface area contributed by atoms with Gasteiger partial charge in [0.25, 0.3) is 0 Å². The minimum atomic E-state index is -3.02. The maximum atomic E-state index is 12.4. The lowest BCUT2D eigenvalue weighted by molar-refractivity contribution is 0.420. The summed E-state index contributed by atoms with van der Waals surface area (Å²) in [6.45, 7) is 5.77. The Balaban J connectivity index is 2.32. The second-order valence-electron chi connectivity index (χ2n) is 5.40. The third-order valence-corrected chi connectivity index (χ3v) is 6.27. The fourth-order valence-electron chi connectivity index (χ4n) is 2.91. The highest BCUT2D eigenvalue weighted by molar-refractivity contribution is 7.92. The first-order chi connectivity index (χ1) is 9.60. The summed E-state index contributed by atoms with van der Waals surface area (Å²) in [7, 11) is -3.02. The molecule has 114 valence electrons. The minimum absolute atomic E-state index is 0.185. The number of sulfone groups is 1. The second kappa shape index (κ2) is 6.72. The number of nitrogens with one attached hydrogen (secondary N) is 1. The van der Waals surface area contributed by atoms with Crippen molar-refractivity contribution in [1.82, 2.24) is 14.9 Å². The number of imidazole rings is 1. The van der Waals surface area contributed by atoms with Crippen molar-refractivity contribution in [3.8, 4) is 0 Å². The Kier molecular flexibility index (Phi) is 5.21. The smallest absolute Gasteiger partial charge is 0.155 e. The summed E-state index contributed by atoms with van der Waals surface area (Å²) in [5.74, 6) is 1.17. The first-order valence-corrected chi connectivity index (χ1v) is 9.27. The molecule has 1 saturated heterocycles. The van der Waals surface area contributed by atoms with Crippen LogP contribution in [0.15, 0.2) is 12.4 Å². The Morgan fingerprint density at radius 2 is 2.25 bits per heavy atom. The summed E-state index contributed by atoms with van der Waals surface area (Å²) in [4.78, 5) is 4.42. The Morgan fingerprint density at radius 3 is 2.90 bits per heavy atom. The molecule has 0 amide bonds. The van der Waals surface area contributed by atoms with Gasteiger partial charge in [0.2, 0.25) is 0 Å². The van der Waals surface area contributed by atoms with Gasteiger partial charge in [-0.25, -0.2) is 13.4 Å². The summed E-state index contributed by atoms with van der Waals surface area (Å²) in [6, 6.07) is -0.185. The van der Waals surface area contributed by atoms with Crippen molar-refractivity contribution >= 4 is 9.84 Å². The van der Waals surface area contributed by atoms with Gasteiger partial charge in [0.05, 0.1) is 17.0 Å². The normalized spacial score (nSPS) is 23.6. The summed E-state index contributed by atoms with van der Waals surface area (Å²) in [6.07, 6.45) is 7.18. The van der Waals surface area contributed by atoms with Gasteiger partial charge >= 0.3 is 0 Å². The predicted molar refractivity (Wildman–Crippen MR) is 80.4 cm³/mol. The predicted octanol–water partition coefficient (Wildman–Crippen LogP) is 1.91. The fourth-order valence-corrected chi connectivity index (χ4v) is 4.98. The van der Waals surface area contributed by atoms with E-state index in [-0.39, 0.29) is 11.3 Å². The summed E-state index contributed by atoms with van der Waals surface area (Å²) in [5, 5.41) is 3.07. The molecule has 1 aromatic heterocycles. The van der Waals surface area contributed by atoms with Crippen molar-refractivity contribution in [1.29, 1.82) is 0 Å². The van der Waals surface area contributed by atoms with Crippen molar-refractivity contribution in [3.63, 3.8) is 0 Å². The lowest BCUT2D eigenvalue weighted by atomic mass is 10.1. The molecule has 2 atom stereocenters. The molecule has 2 heterocycles. The van der Waals surface area contributed by atoms with Gasteiger partial charge in [-0.2, -0.15) is 0 Å². The number of hydrogen-bond donors (Lipinski definition) is 1. The minimum Gasteiger partial charge on any atom is -0.334 e. The van der Waals surface area contributed by atoms with E-state index in [1.165, 1.54) is 0 Å². The van der Waals surface area contributed by atoms with Crippen LogP contribution >= 0.6 is 0 Å². The molecule has 0 saturated carbocycles. The lowest BCUT2D eigenvalue weighted by Crippen LogP contribution is -2.42. The molecule has 1 aromatic rings. The Labute approximate surface area is 121 Å². The highest BCUT2D eigenvalue weighted by atomic mass is 32.2. The van der Waals surface area contributed by atoms with Crippen LogP contribution < -0.4 is 5.32 Å². The summed E-state index contributed by atoms with van der Waals surface area (Å²) in [5.41, 5.74) is 0. The van der Waals surface area contributed by atoms with E-state index in [0.29, 0.717) is 5.75 Å². The Bertz CT molecular complexity index is 524. The highest BCUT2D eigenvalue weighted by Gasteiger charge is 2.37. The maximum Gasteiger partial charge on any atom is 0.155 e. The molecular formula is C14H25N3O2S. The lowest BCUT2D eigenvalue weighted by Gasteiger charge is -2.30. The van der Waals surface area contributed by atoms with E-state index < -0.39 is 9.84 Å². The molecule has 6 heteroatoms. The number of nitrogens with zero attached hydrogens (tertiary/aromatic N) is 2. The molecular weight excluding hydrogens is 274 g/mol. The Hall–Kier alpha value is -0.880. The van der Waals surface area contributed by atoms with Crippen molar-refractivity contribution in [3.05, 3.63) is 18.2 Å². The molecule has 1 aliphatic heterocycles. The number of rotatable bonds is 6. The van der Waals surface area contributed by atoms with Gasteiger partial charge in [0, 0.05) is 18.9 Å². The van der Waals surface area contributed by atoms with Crippen molar-refractivity contribution in [2.75, 3.05) is 12.3 Å². The first kappa shape index (κ1) is 15.5. The first-order valence-electron chi connectivity index (χ1n) is 7.56. The van der Waals surface area contributed by atoms with Crippen LogP contribution in [-0.2, 0) is 16.4 Å². The second-order valence-corrected chi connectivity index (χ2v) is 7.74. The molecule has 0 aromatic carbocycles. The van der Waals surface area contributed by atoms with Gasteiger partial charge in [0.1, 0.15) is 5.82 Å². The van der Waals surface area contributed by atoms with E-state index in [1.807, 2.05) is 10.8 Å². The molecule has 1 fully saturated rings. The van der Waals surface area contributed by atoms with E-state index in [4.69, 9.17) is 0 Å². The molecule has 1 aliphatic rings. The van der Waals surface area contributed by atoms with Crippen LogP contribution in [0.4, 0.5) is 0 Å². The number of aryl methyl sites for hydroxylation is 1. The quantitative estimate of drug-likeness (QED) is 0.871. The van der Waals surface area contributed by atoms with Gasteiger partial charge < -0.3 is 9.88 Å². The Morgan fingerprint density at radius 1 is 1.45 bits per heavy atom. The van der Waals surface area contributed by atoms with E-state index in [2.05, 4.69) is 24.1 Å². The average molecular weight is 299 g/mol. The molecule has 0 spiro atoms. The van der Waals surface area contributed by atoms with Crippen LogP contribution in [0.2, 0.25) is 0 Å². The molecule has 20 heavy (non-hydrogen) atoms. The topological polar surface area (TPSA) is 64.0 Å². The molecule has 2 rings (SSSR count). The van der Waals surface area contributed by atoms with Gasteiger partial charge in [-0.1, -0.05) is 13.3 Å². The SMILES string of the molecule is CCCNC(c1nccn1CC)C1CCCCS1(=O)=O. The van der Waals surface area contributed by atoms with Crippen LogP contribution in [0.3, 0.4) is 0 Å². The van der Waals surface area contributed by atoms with Crippen LogP contribution in [0, 0.1) is 0 Å². The zero-order valence-electron chi connectivity index (χ0n) is 12.4. The van der Waals surface area contributed by atoms with Gasteiger partial charge in [-0.15, -0.1) is 0 Å². The van der Waals surface area contributed by atoms with E-state index in [1.54, 1.807) is 6.20 Å². The van der Waals surface area contributed by atoms with Gasteiger partial charge in [0.15, 0.2) is 9.84 Å². The largest absolute Gasteiger partial charge is 0.334 e. The number of aromatic nitrogens is 2. The monoisotopic (exact) mass is 299 g/mol. The van der Waals surface area contributed by atoms with Crippen LogP contribution in [0.1, 0.15) is 51.4 Å². The third kappa shape index (κ3) is 3.23. The van der Waals surface area contributed by atoms with E-state index >= 15 is 0 Å². The summed E-state index contributed by atoms with van der Waals surface area (Å²) >= 11 is 0. The zero-order valence-corrected chi connectivity index (χ0v) is 13.2. The number of hydrogen-bond acceptors (Lipinski definition) is 4. The maximum absolute atomic E-state index is 12.4. The van der Waals surface area contributed by atoms with Crippen molar-refractivity contribution in [2.24, 2.45) is 0 Å². The molecule has 0 radical (unpaired) electrons. The molecule has 5 nitrogen and oxygen atoms in total. The molecule has 1 N–H and O–H groups in total. The van der Waals surface area contributed by atoms with Crippen LogP contribution in [-0.4, -0.2) is 35.5 Å². The van der Waals surface area contributed by atoms with Crippen molar-refractivity contribution in [2.45, 2.75) is 57.4 Å². The van der Waals surface area contributed by atoms with Gasteiger partial charge in [-0.3, -0.25) is 0 Å². The van der Waals surface area contributed by atoms with Gasteiger partial charge in [-0.05, 0) is 32.7 Å². The van der Waals surface area contributed by atoms with Crippen LogP contribution in [0.25, 0.3) is 0 Å². The highest BCUT2D eigenvalue weighted by Crippen LogP contribution is 2.30.